The average molecular weight is 621 g/mol. The molecule has 3 atom stereocenters. The number of aromatic nitrogens is 1. The number of hydrogen-bond acceptors (Lipinski definition) is 7. The van der Waals surface area contributed by atoms with Gasteiger partial charge < -0.3 is 19.5 Å². The van der Waals surface area contributed by atoms with E-state index in [4.69, 9.17) is 37.0 Å². The molecule has 0 spiro atoms. The van der Waals surface area contributed by atoms with Crippen molar-refractivity contribution in [3.05, 3.63) is 63.8 Å². The zero-order valence-electron chi connectivity index (χ0n) is 21.8. The van der Waals surface area contributed by atoms with Gasteiger partial charge in [0.15, 0.2) is 0 Å². The molecule has 2 bridgehead atoms. The van der Waals surface area contributed by atoms with Gasteiger partial charge in [-0.1, -0.05) is 34.4 Å². The number of piperidine rings is 1. The molecule has 6 rings (SSSR count). The topological polar surface area (TPSA) is 139 Å². The van der Waals surface area contributed by atoms with Crippen molar-refractivity contribution in [3.8, 4) is 11.3 Å². The normalized spacial score (nSPS) is 22.0. The van der Waals surface area contributed by atoms with Gasteiger partial charge in [-0.3, -0.25) is 14.1 Å². The van der Waals surface area contributed by atoms with Crippen molar-refractivity contribution < 1.29 is 31.8 Å². The van der Waals surface area contributed by atoms with Crippen molar-refractivity contribution in [2.45, 2.75) is 56.8 Å². The van der Waals surface area contributed by atoms with E-state index in [1.807, 2.05) is 0 Å². The van der Waals surface area contributed by atoms with Gasteiger partial charge in [-0.2, -0.15) is 8.42 Å². The third-order valence-electron chi connectivity index (χ3n) is 7.82. The van der Waals surface area contributed by atoms with Gasteiger partial charge in [0.05, 0.1) is 34.4 Å². The van der Waals surface area contributed by atoms with E-state index in [0.29, 0.717) is 51.4 Å². The van der Waals surface area contributed by atoms with Gasteiger partial charge in [-0.25, -0.2) is 0 Å². The van der Waals surface area contributed by atoms with Crippen molar-refractivity contribution in [3.63, 3.8) is 0 Å². The Bertz CT molecular complexity index is 1580. The van der Waals surface area contributed by atoms with Crippen molar-refractivity contribution in [1.29, 1.82) is 0 Å². The number of nitrogens with zero attached hydrogens (tertiary/aromatic N) is 2. The van der Waals surface area contributed by atoms with E-state index in [9.17, 15) is 18.0 Å². The molecule has 2 amide bonds. The van der Waals surface area contributed by atoms with Crippen LogP contribution in [0, 0.1) is 5.92 Å². The van der Waals surface area contributed by atoms with E-state index in [2.05, 4.69) is 10.5 Å². The SMILES string of the molecule is O=C(CCS(=O)(=O)O)Nc1ccc(N2C(=O)[C@@H]3C[C@H]2C[C@H]3OCc2c(-c3c(Cl)cccc3Cl)noc2C2CC2)cc1. The molecule has 2 aromatic carbocycles. The first-order valence-corrected chi connectivity index (χ1v) is 15.7. The van der Waals surface area contributed by atoms with E-state index >= 15 is 0 Å². The van der Waals surface area contributed by atoms with Gasteiger partial charge in [0, 0.05) is 40.9 Å². The van der Waals surface area contributed by atoms with Crippen molar-refractivity contribution in [2.75, 3.05) is 16.0 Å². The number of benzene rings is 2. The minimum Gasteiger partial charge on any atom is -0.372 e. The van der Waals surface area contributed by atoms with Crippen LogP contribution in [0.2, 0.25) is 10.0 Å². The number of carbonyl (C=O) groups excluding carboxylic acids is 2. The molecule has 1 aromatic heterocycles. The fourth-order valence-electron chi connectivity index (χ4n) is 5.71. The Morgan fingerprint density at radius 3 is 2.46 bits per heavy atom. The first kappa shape index (κ1) is 28.2. The zero-order valence-corrected chi connectivity index (χ0v) is 24.1. The first-order valence-electron chi connectivity index (χ1n) is 13.3. The second-order valence-electron chi connectivity index (χ2n) is 10.7. The molecule has 41 heavy (non-hydrogen) atoms. The molecule has 3 aliphatic rings. The summed E-state index contributed by atoms with van der Waals surface area (Å²) in [5.41, 5.74) is 3.18. The second-order valence-corrected chi connectivity index (χ2v) is 13.1. The summed E-state index contributed by atoms with van der Waals surface area (Å²) in [6.07, 6.45) is 2.79. The highest BCUT2D eigenvalue weighted by Gasteiger charge is 2.52. The summed E-state index contributed by atoms with van der Waals surface area (Å²) in [7, 11) is -4.22. The van der Waals surface area contributed by atoms with Gasteiger partial charge in [-0.05, 0) is 62.1 Å². The molecule has 0 unspecified atom stereocenters. The van der Waals surface area contributed by atoms with Crippen molar-refractivity contribution >= 4 is 56.5 Å². The molecular formula is C28H27Cl2N3O7S. The van der Waals surface area contributed by atoms with E-state index in [-0.39, 0.29) is 37.0 Å². The fraction of sp³-hybridized carbons (Fsp3) is 0.393. The average Bonchev–Trinajstić information content (AvgIpc) is 3.43. The summed E-state index contributed by atoms with van der Waals surface area (Å²) in [4.78, 5) is 27.1. The molecule has 13 heteroatoms. The Balaban J connectivity index is 1.11. The third kappa shape index (κ3) is 5.87. The smallest absolute Gasteiger partial charge is 0.265 e. The van der Waals surface area contributed by atoms with Gasteiger partial charge >= 0.3 is 0 Å². The number of rotatable bonds is 10. The minimum atomic E-state index is -4.22. The Hall–Kier alpha value is -2.96. The van der Waals surface area contributed by atoms with Crippen LogP contribution in [-0.4, -0.2) is 47.8 Å². The quantitative estimate of drug-likeness (QED) is 0.285. The van der Waals surface area contributed by atoms with Gasteiger partial charge in [0.25, 0.3) is 10.1 Å². The fourth-order valence-corrected chi connectivity index (χ4v) is 6.73. The van der Waals surface area contributed by atoms with Crippen LogP contribution >= 0.6 is 23.2 Å². The summed E-state index contributed by atoms with van der Waals surface area (Å²) in [5.74, 6) is -0.403. The molecule has 1 saturated heterocycles. The van der Waals surface area contributed by atoms with Crippen LogP contribution in [0.15, 0.2) is 47.0 Å². The highest BCUT2D eigenvalue weighted by Crippen LogP contribution is 2.47. The molecule has 3 aromatic rings. The van der Waals surface area contributed by atoms with Crippen LogP contribution in [0.1, 0.15) is 49.3 Å². The maximum absolute atomic E-state index is 13.4. The number of hydrogen-bond donors (Lipinski definition) is 2. The van der Waals surface area contributed by atoms with Crippen molar-refractivity contribution in [1.82, 2.24) is 5.16 Å². The summed E-state index contributed by atoms with van der Waals surface area (Å²) in [5, 5.41) is 7.85. The summed E-state index contributed by atoms with van der Waals surface area (Å²) in [6.45, 7) is 0.235. The lowest BCUT2D eigenvalue weighted by Gasteiger charge is -2.31. The number of anilines is 2. The number of halogens is 2. The maximum atomic E-state index is 13.4. The van der Waals surface area contributed by atoms with Crippen LogP contribution in [0.4, 0.5) is 11.4 Å². The molecule has 3 fully saturated rings. The van der Waals surface area contributed by atoms with Crippen LogP contribution in [0.5, 0.6) is 0 Å². The van der Waals surface area contributed by atoms with Crippen LogP contribution < -0.4 is 10.2 Å². The molecular weight excluding hydrogens is 593 g/mol. The van der Waals surface area contributed by atoms with Crippen LogP contribution in [0.25, 0.3) is 11.3 Å². The number of ether oxygens (including phenoxy) is 1. The van der Waals surface area contributed by atoms with E-state index < -0.39 is 21.8 Å². The Morgan fingerprint density at radius 1 is 1.12 bits per heavy atom. The predicted octanol–water partition coefficient (Wildman–Crippen LogP) is 5.45. The Morgan fingerprint density at radius 2 is 1.83 bits per heavy atom. The third-order valence-corrected chi connectivity index (χ3v) is 9.17. The second kappa shape index (κ2) is 11.0. The number of amides is 2. The first-order chi connectivity index (χ1) is 19.6. The molecule has 10 nitrogen and oxygen atoms in total. The van der Waals surface area contributed by atoms with Gasteiger partial charge in [0.2, 0.25) is 11.8 Å². The summed E-state index contributed by atoms with van der Waals surface area (Å²) < 4.78 is 42.6. The molecule has 2 aliphatic carbocycles. The molecule has 2 heterocycles. The van der Waals surface area contributed by atoms with Crippen LogP contribution in [-0.2, 0) is 31.1 Å². The molecule has 0 radical (unpaired) electrons. The predicted molar refractivity (Wildman–Crippen MR) is 153 cm³/mol. The lowest BCUT2D eigenvalue weighted by molar-refractivity contribution is -0.126. The number of fused-ring (bicyclic) bond motifs is 2. The van der Waals surface area contributed by atoms with E-state index in [0.717, 1.165) is 24.2 Å². The van der Waals surface area contributed by atoms with Crippen LogP contribution in [0.3, 0.4) is 0 Å². The molecule has 2 saturated carbocycles. The molecule has 2 N–H and O–H groups in total. The number of carbonyl (C=O) groups is 2. The summed E-state index contributed by atoms with van der Waals surface area (Å²) >= 11 is 12.9. The zero-order chi connectivity index (χ0) is 28.9. The van der Waals surface area contributed by atoms with Crippen molar-refractivity contribution in [2.24, 2.45) is 5.92 Å². The van der Waals surface area contributed by atoms with Gasteiger partial charge in [0.1, 0.15) is 11.5 Å². The monoisotopic (exact) mass is 619 g/mol. The lowest BCUT2D eigenvalue weighted by Crippen LogP contribution is -2.43. The maximum Gasteiger partial charge on any atom is 0.265 e. The Labute approximate surface area is 246 Å². The highest BCUT2D eigenvalue weighted by atomic mass is 35.5. The minimum absolute atomic E-state index is 0.0155. The van der Waals surface area contributed by atoms with E-state index in [1.165, 1.54) is 0 Å². The largest absolute Gasteiger partial charge is 0.372 e. The number of nitrogens with one attached hydrogen (secondary N) is 1. The molecule has 1 aliphatic heterocycles. The lowest BCUT2D eigenvalue weighted by atomic mass is 10.0. The van der Waals surface area contributed by atoms with E-state index in [1.54, 1.807) is 47.4 Å². The highest BCUT2D eigenvalue weighted by molar-refractivity contribution is 7.85. The van der Waals surface area contributed by atoms with Gasteiger partial charge in [-0.15, -0.1) is 0 Å². The molecule has 216 valence electrons. The summed E-state index contributed by atoms with van der Waals surface area (Å²) in [6, 6.07) is 12.1. The Kier molecular flexibility index (Phi) is 7.58. The standard InChI is InChI=1S/C28H27Cl2N3O7S/c29-21-2-1-3-22(30)25(21)26-20(27(40-32-26)15-4-5-15)14-39-23-13-18-12-19(23)28(35)33(18)17-8-6-16(7-9-17)31-24(34)10-11-41(36,37)38/h1-3,6-9,15,18-19,23H,4-5,10-14H2,(H,31,34)(H,36,37,38)/t18-,19+,23+/m0/s1.